The Bertz CT molecular complexity index is 701. The summed E-state index contributed by atoms with van der Waals surface area (Å²) >= 11 is 5.89. The predicted octanol–water partition coefficient (Wildman–Crippen LogP) is 3.64. The molecule has 2 aromatic rings. The van der Waals surface area contributed by atoms with Gasteiger partial charge in [-0.25, -0.2) is 0 Å². The van der Waals surface area contributed by atoms with E-state index < -0.39 is 0 Å². The summed E-state index contributed by atoms with van der Waals surface area (Å²) < 4.78 is 0. The normalized spacial score (nSPS) is 10.1. The van der Waals surface area contributed by atoms with Crippen molar-refractivity contribution in [3.63, 3.8) is 0 Å². The van der Waals surface area contributed by atoms with Gasteiger partial charge in [0.05, 0.1) is 0 Å². The van der Waals surface area contributed by atoms with Gasteiger partial charge in [-0.2, -0.15) is 0 Å². The van der Waals surface area contributed by atoms with Crippen molar-refractivity contribution >= 4 is 34.8 Å². The summed E-state index contributed by atoms with van der Waals surface area (Å²) in [5.74, 6) is -0.462. The van der Waals surface area contributed by atoms with E-state index in [2.05, 4.69) is 5.32 Å². The molecule has 0 saturated carbocycles. The third-order valence-corrected chi connectivity index (χ3v) is 3.43. The van der Waals surface area contributed by atoms with Crippen LogP contribution in [0.2, 0.25) is 5.02 Å². The summed E-state index contributed by atoms with van der Waals surface area (Å²) in [4.78, 5) is 25.5. The third kappa shape index (κ3) is 4.09. The smallest absolute Gasteiger partial charge is 0.244 e. The SMILES string of the molecule is CC(=O)N(CC(=O)Nc1cccc(Cl)c1)c1ccccc1C. The zero-order valence-electron chi connectivity index (χ0n) is 12.5. The molecule has 4 nitrogen and oxygen atoms in total. The molecule has 0 spiro atoms. The van der Waals surface area contributed by atoms with Gasteiger partial charge in [-0.05, 0) is 36.8 Å². The maximum absolute atomic E-state index is 12.2. The Morgan fingerprint density at radius 3 is 2.50 bits per heavy atom. The van der Waals surface area contributed by atoms with Crippen molar-refractivity contribution in [1.82, 2.24) is 0 Å². The van der Waals surface area contributed by atoms with Gasteiger partial charge in [0.25, 0.3) is 0 Å². The molecule has 2 amide bonds. The monoisotopic (exact) mass is 316 g/mol. The summed E-state index contributed by atoms with van der Waals surface area (Å²) in [5, 5.41) is 3.28. The highest BCUT2D eigenvalue weighted by Crippen LogP contribution is 2.20. The molecule has 5 heteroatoms. The summed E-state index contributed by atoms with van der Waals surface area (Å²) in [6.07, 6.45) is 0. The van der Waals surface area contributed by atoms with E-state index in [0.29, 0.717) is 10.7 Å². The number of anilines is 2. The van der Waals surface area contributed by atoms with Crippen molar-refractivity contribution in [3.05, 3.63) is 59.1 Å². The van der Waals surface area contributed by atoms with Gasteiger partial charge in [0.1, 0.15) is 6.54 Å². The lowest BCUT2D eigenvalue weighted by molar-refractivity contribution is -0.120. The Balaban J connectivity index is 2.13. The van der Waals surface area contributed by atoms with Gasteiger partial charge in [0.2, 0.25) is 11.8 Å². The molecule has 0 unspecified atom stereocenters. The first-order valence-electron chi connectivity index (χ1n) is 6.86. The molecule has 1 N–H and O–H groups in total. The van der Waals surface area contributed by atoms with E-state index in [0.717, 1.165) is 11.3 Å². The second-order valence-corrected chi connectivity index (χ2v) is 5.39. The molecule has 0 aliphatic heterocycles. The number of benzene rings is 2. The van der Waals surface area contributed by atoms with E-state index in [9.17, 15) is 9.59 Å². The Hall–Kier alpha value is -2.33. The van der Waals surface area contributed by atoms with Gasteiger partial charge in [0, 0.05) is 23.3 Å². The fraction of sp³-hybridized carbons (Fsp3) is 0.176. The van der Waals surface area contributed by atoms with E-state index in [1.807, 2.05) is 31.2 Å². The first-order chi connectivity index (χ1) is 10.5. The third-order valence-electron chi connectivity index (χ3n) is 3.20. The molecular weight excluding hydrogens is 300 g/mol. The van der Waals surface area contributed by atoms with E-state index in [1.165, 1.54) is 11.8 Å². The minimum absolute atomic E-state index is 0.0489. The first kappa shape index (κ1) is 16.0. The van der Waals surface area contributed by atoms with E-state index >= 15 is 0 Å². The highest BCUT2D eigenvalue weighted by Gasteiger charge is 2.17. The van der Waals surface area contributed by atoms with Crippen molar-refractivity contribution < 1.29 is 9.59 Å². The lowest BCUT2D eigenvalue weighted by Crippen LogP contribution is -2.37. The van der Waals surface area contributed by atoms with Crippen molar-refractivity contribution in [2.75, 3.05) is 16.8 Å². The van der Waals surface area contributed by atoms with E-state index in [4.69, 9.17) is 11.6 Å². The van der Waals surface area contributed by atoms with Crippen molar-refractivity contribution in [2.45, 2.75) is 13.8 Å². The molecule has 0 bridgehead atoms. The maximum atomic E-state index is 12.2. The number of nitrogens with one attached hydrogen (secondary N) is 1. The highest BCUT2D eigenvalue weighted by atomic mass is 35.5. The number of hydrogen-bond acceptors (Lipinski definition) is 2. The topological polar surface area (TPSA) is 49.4 Å². The first-order valence-corrected chi connectivity index (χ1v) is 7.24. The standard InChI is InChI=1S/C17H17ClN2O2/c1-12-6-3-4-9-16(12)20(13(2)21)11-17(22)19-15-8-5-7-14(18)10-15/h3-10H,11H2,1-2H3,(H,19,22). The van der Waals surface area contributed by atoms with Crippen LogP contribution in [0.3, 0.4) is 0 Å². The van der Waals surface area contributed by atoms with Gasteiger partial charge >= 0.3 is 0 Å². The van der Waals surface area contributed by atoms with Crippen LogP contribution in [0.1, 0.15) is 12.5 Å². The van der Waals surface area contributed by atoms with Crippen LogP contribution in [0.5, 0.6) is 0 Å². The molecule has 2 aromatic carbocycles. The van der Waals surface area contributed by atoms with Gasteiger partial charge in [0.15, 0.2) is 0 Å². The molecule has 0 aromatic heterocycles. The summed E-state index contributed by atoms with van der Waals surface area (Å²) in [7, 11) is 0. The lowest BCUT2D eigenvalue weighted by Gasteiger charge is -2.22. The lowest BCUT2D eigenvalue weighted by atomic mass is 10.2. The molecular formula is C17H17ClN2O2. The van der Waals surface area contributed by atoms with Crippen molar-refractivity contribution in [3.8, 4) is 0 Å². The summed E-state index contributed by atoms with van der Waals surface area (Å²) in [6, 6.07) is 14.3. The van der Waals surface area contributed by atoms with Crippen LogP contribution >= 0.6 is 11.6 Å². The summed E-state index contributed by atoms with van der Waals surface area (Å²) in [6.45, 7) is 3.30. The van der Waals surface area contributed by atoms with Crippen LogP contribution in [-0.2, 0) is 9.59 Å². The number of nitrogens with zero attached hydrogens (tertiary/aromatic N) is 1. The largest absolute Gasteiger partial charge is 0.324 e. The Morgan fingerprint density at radius 2 is 1.86 bits per heavy atom. The van der Waals surface area contributed by atoms with Crippen LogP contribution in [0.25, 0.3) is 0 Å². The van der Waals surface area contributed by atoms with Crippen LogP contribution in [0.15, 0.2) is 48.5 Å². The molecule has 0 fully saturated rings. The minimum atomic E-state index is -0.277. The fourth-order valence-electron chi connectivity index (χ4n) is 2.14. The number of rotatable bonds is 4. The number of hydrogen-bond donors (Lipinski definition) is 1. The molecule has 22 heavy (non-hydrogen) atoms. The molecule has 114 valence electrons. The molecule has 0 aliphatic carbocycles. The highest BCUT2D eigenvalue weighted by molar-refractivity contribution is 6.30. The molecule has 0 heterocycles. The molecule has 0 aliphatic rings. The number of para-hydroxylation sites is 1. The molecule has 0 atom stereocenters. The number of amides is 2. The maximum Gasteiger partial charge on any atom is 0.244 e. The van der Waals surface area contributed by atoms with Crippen LogP contribution < -0.4 is 10.2 Å². The van der Waals surface area contributed by atoms with Crippen molar-refractivity contribution in [2.24, 2.45) is 0 Å². The van der Waals surface area contributed by atoms with Crippen LogP contribution in [0, 0.1) is 6.92 Å². The zero-order chi connectivity index (χ0) is 16.1. The van der Waals surface area contributed by atoms with Crippen LogP contribution in [0.4, 0.5) is 11.4 Å². The summed E-state index contributed by atoms with van der Waals surface area (Å²) in [5.41, 5.74) is 2.27. The quantitative estimate of drug-likeness (QED) is 0.936. The Kier molecular flexibility index (Phi) is 5.17. The van der Waals surface area contributed by atoms with Gasteiger partial charge < -0.3 is 10.2 Å². The number of aryl methyl sites for hydroxylation is 1. The fourth-order valence-corrected chi connectivity index (χ4v) is 2.33. The number of carbonyl (C=O) groups is 2. The predicted molar refractivity (Wildman–Crippen MR) is 89.3 cm³/mol. The zero-order valence-corrected chi connectivity index (χ0v) is 13.2. The average molecular weight is 317 g/mol. The van der Waals surface area contributed by atoms with Crippen molar-refractivity contribution in [1.29, 1.82) is 0 Å². The molecule has 2 rings (SSSR count). The second-order valence-electron chi connectivity index (χ2n) is 4.95. The van der Waals surface area contributed by atoms with Gasteiger partial charge in [-0.3, -0.25) is 9.59 Å². The second kappa shape index (κ2) is 7.09. The molecule has 0 saturated heterocycles. The minimum Gasteiger partial charge on any atom is -0.324 e. The molecule has 0 radical (unpaired) electrons. The van der Waals surface area contributed by atoms with Gasteiger partial charge in [-0.15, -0.1) is 0 Å². The van der Waals surface area contributed by atoms with E-state index in [-0.39, 0.29) is 18.4 Å². The Morgan fingerprint density at radius 1 is 1.14 bits per heavy atom. The number of carbonyl (C=O) groups excluding carboxylic acids is 2. The van der Waals surface area contributed by atoms with Gasteiger partial charge in [-0.1, -0.05) is 35.9 Å². The Labute approximate surface area is 134 Å². The van der Waals surface area contributed by atoms with E-state index in [1.54, 1.807) is 24.3 Å². The average Bonchev–Trinajstić information content (AvgIpc) is 2.45. The number of halogens is 1. The van der Waals surface area contributed by atoms with Crippen LogP contribution in [-0.4, -0.2) is 18.4 Å².